The molecule has 2 N–H and O–H groups in total. The van der Waals surface area contributed by atoms with E-state index in [0.717, 1.165) is 32.5 Å². The van der Waals surface area contributed by atoms with Crippen LogP contribution in [0.2, 0.25) is 0 Å². The summed E-state index contributed by atoms with van der Waals surface area (Å²) >= 11 is 0. The van der Waals surface area contributed by atoms with Crippen molar-refractivity contribution in [2.45, 2.75) is 45.1 Å². The molecule has 1 aliphatic rings. The second-order valence-corrected chi connectivity index (χ2v) is 5.87. The molecular formula is C16H29N3O. The number of carbonyl (C=O) groups excluding carboxylic acids is 1. The summed E-state index contributed by atoms with van der Waals surface area (Å²) in [5.74, 6) is 3.47. The van der Waals surface area contributed by atoms with E-state index in [2.05, 4.69) is 21.5 Å². The Labute approximate surface area is 123 Å². The Bertz CT molecular complexity index is 338. The van der Waals surface area contributed by atoms with Crippen molar-refractivity contribution in [2.24, 2.45) is 5.92 Å². The van der Waals surface area contributed by atoms with Gasteiger partial charge in [0.15, 0.2) is 0 Å². The van der Waals surface area contributed by atoms with Gasteiger partial charge in [-0.05, 0) is 51.7 Å². The van der Waals surface area contributed by atoms with Crippen molar-refractivity contribution in [2.75, 3.05) is 33.2 Å². The lowest BCUT2D eigenvalue weighted by molar-refractivity contribution is -0.123. The molecule has 1 fully saturated rings. The first-order chi connectivity index (χ1) is 9.55. The van der Waals surface area contributed by atoms with E-state index >= 15 is 0 Å². The van der Waals surface area contributed by atoms with Crippen molar-refractivity contribution in [1.82, 2.24) is 15.5 Å². The monoisotopic (exact) mass is 279 g/mol. The number of terminal acetylenes is 1. The van der Waals surface area contributed by atoms with Crippen LogP contribution in [-0.2, 0) is 4.79 Å². The molecule has 4 nitrogen and oxygen atoms in total. The smallest absolute Gasteiger partial charge is 0.235 e. The number of likely N-dealkylation sites (N-methyl/N-ethyl adjacent to an activating group) is 1. The van der Waals surface area contributed by atoms with E-state index in [1.54, 1.807) is 0 Å². The van der Waals surface area contributed by atoms with Crippen LogP contribution in [0.15, 0.2) is 0 Å². The molecule has 114 valence electrons. The van der Waals surface area contributed by atoms with Gasteiger partial charge in [-0.3, -0.25) is 9.69 Å². The lowest BCUT2D eigenvalue weighted by atomic mass is 9.94. The van der Waals surface area contributed by atoms with Gasteiger partial charge in [-0.1, -0.05) is 19.8 Å². The summed E-state index contributed by atoms with van der Waals surface area (Å²) in [5.41, 5.74) is -0.479. The van der Waals surface area contributed by atoms with Gasteiger partial charge in [0.2, 0.25) is 5.91 Å². The molecule has 1 amide bonds. The number of hydrogen-bond acceptors (Lipinski definition) is 3. The molecule has 0 unspecified atom stereocenters. The standard InChI is InChI=1S/C16H29N3O/c1-5-16(6-2,7-3)18-15(20)13-19(4)12-14-8-10-17-11-9-14/h1,14,17H,6-13H2,2-4H3,(H,18,20). The number of piperidine rings is 1. The molecule has 0 spiro atoms. The molecule has 1 aliphatic heterocycles. The summed E-state index contributed by atoms with van der Waals surface area (Å²) in [5, 5.41) is 6.38. The summed E-state index contributed by atoms with van der Waals surface area (Å²) in [6.45, 7) is 7.63. The van der Waals surface area contributed by atoms with Crippen LogP contribution in [0.25, 0.3) is 0 Å². The number of nitrogens with zero attached hydrogens (tertiary/aromatic N) is 1. The Hall–Kier alpha value is -1.05. The fourth-order valence-electron chi connectivity index (χ4n) is 2.79. The third-order valence-electron chi connectivity index (χ3n) is 4.30. The first-order valence-corrected chi connectivity index (χ1v) is 7.73. The Morgan fingerprint density at radius 2 is 2.00 bits per heavy atom. The van der Waals surface area contributed by atoms with E-state index < -0.39 is 5.54 Å². The first kappa shape index (κ1) is 17.0. The summed E-state index contributed by atoms with van der Waals surface area (Å²) in [4.78, 5) is 14.2. The molecule has 1 saturated heterocycles. The van der Waals surface area contributed by atoms with Crippen LogP contribution in [0.5, 0.6) is 0 Å². The third-order valence-corrected chi connectivity index (χ3v) is 4.30. The minimum absolute atomic E-state index is 0.0306. The largest absolute Gasteiger partial charge is 0.339 e. The topological polar surface area (TPSA) is 44.4 Å². The molecule has 0 bridgehead atoms. The molecule has 20 heavy (non-hydrogen) atoms. The first-order valence-electron chi connectivity index (χ1n) is 7.73. The highest BCUT2D eigenvalue weighted by Gasteiger charge is 2.26. The second kappa shape index (κ2) is 8.28. The molecule has 4 heteroatoms. The van der Waals surface area contributed by atoms with Crippen molar-refractivity contribution in [3.05, 3.63) is 0 Å². The quantitative estimate of drug-likeness (QED) is 0.689. The van der Waals surface area contributed by atoms with E-state index in [1.165, 1.54) is 12.8 Å². The molecule has 1 heterocycles. The Morgan fingerprint density at radius 1 is 1.40 bits per heavy atom. The lowest BCUT2D eigenvalue weighted by Gasteiger charge is -2.30. The molecule has 0 aromatic heterocycles. The summed E-state index contributed by atoms with van der Waals surface area (Å²) in [6, 6.07) is 0. The number of carbonyl (C=O) groups is 1. The zero-order valence-electron chi connectivity index (χ0n) is 13.2. The Balaban J connectivity index is 2.39. The summed E-state index contributed by atoms with van der Waals surface area (Å²) in [7, 11) is 2.01. The van der Waals surface area contributed by atoms with Crippen molar-refractivity contribution in [3.8, 4) is 12.3 Å². The van der Waals surface area contributed by atoms with Gasteiger partial charge in [-0.25, -0.2) is 0 Å². The Kier molecular flexibility index (Phi) is 7.04. The number of rotatable bonds is 7. The van der Waals surface area contributed by atoms with Gasteiger partial charge in [0.05, 0.1) is 6.54 Å². The predicted octanol–water partition coefficient (Wildman–Crippen LogP) is 1.23. The molecule has 1 rings (SSSR count). The fraction of sp³-hybridized carbons (Fsp3) is 0.812. The van der Waals surface area contributed by atoms with E-state index in [1.807, 2.05) is 20.9 Å². The fourth-order valence-corrected chi connectivity index (χ4v) is 2.79. The highest BCUT2D eigenvalue weighted by molar-refractivity contribution is 5.79. The molecule has 0 atom stereocenters. The van der Waals surface area contributed by atoms with Crippen LogP contribution >= 0.6 is 0 Å². The predicted molar refractivity (Wildman–Crippen MR) is 83.4 cm³/mol. The number of hydrogen-bond donors (Lipinski definition) is 2. The molecule has 0 saturated carbocycles. The van der Waals surface area contributed by atoms with Gasteiger partial charge in [-0.2, -0.15) is 0 Å². The Morgan fingerprint density at radius 3 is 2.50 bits per heavy atom. The zero-order chi connectivity index (χ0) is 15.0. The van der Waals surface area contributed by atoms with Gasteiger partial charge >= 0.3 is 0 Å². The van der Waals surface area contributed by atoms with Gasteiger partial charge < -0.3 is 10.6 Å². The molecule has 0 aliphatic carbocycles. The average Bonchev–Trinajstić information content (AvgIpc) is 2.45. The van der Waals surface area contributed by atoms with Crippen LogP contribution in [0.1, 0.15) is 39.5 Å². The van der Waals surface area contributed by atoms with Gasteiger partial charge in [0.25, 0.3) is 0 Å². The minimum Gasteiger partial charge on any atom is -0.339 e. The van der Waals surface area contributed by atoms with Crippen LogP contribution in [-0.4, -0.2) is 49.6 Å². The third kappa shape index (κ3) is 5.15. The molecule has 0 aromatic rings. The van der Waals surface area contributed by atoms with Crippen LogP contribution < -0.4 is 10.6 Å². The van der Waals surface area contributed by atoms with Crippen molar-refractivity contribution < 1.29 is 4.79 Å². The van der Waals surface area contributed by atoms with E-state index in [0.29, 0.717) is 12.5 Å². The lowest BCUT2D eigenvalue weighted by Crippen LogP contribution is -2.50. The van der Waals surface area contributed by atoms with Crippen LogP contribution in [0.3, 0.4) is 0 Å². The van der Waals surface area contributed by atoms with E-state index in [4.69, 9.17) is 6.42 Å². The van der Waals surface area contributed by atoms with Gasteiger partial charge in [-0.15, -0.1) is 6.42 Å². The summed E-state index contributed by atoms with van der Waals surface area (Å²) < 4.78 is 0. The van der Waals surface area contributed by atoms with E-state index in [9.17, 15) is 4.79 Å². The van der Waals surface area contributed by atoms with Gasteiger partial charge in [0, 0.05) is 6.54 Å². The number of nitrogens with one attached hydrogen (secondary N) is 2. The molecule has 0 radical (unpaired) electrons. The van der Waals surface area contributed by atoms with Crippen LogP contribution in [0.4, 0.5) is 0 Å². The van der Waals surface area contributed by atoms with E-state index in [-0.39, 0.29) is 5.91 Å². The maximum absolute atomic E-state index is 12.1. The SMILES string of the molecule is C#CC(CC)(CC)NC(=O)CN(C)CC1CCNCC1. The maximum Gasteiger partial charge on any atom is 0.235 e. The van der Waals surface area contributed by atoms with Crippen molar-refractivity contribution >= 4 is 5.91 Å². The number of amides is 1. The average molecular weight is 279 g/mol. The minimum atomic E-state index is -0.479. The zero-order valence-corrected chi connectivity index (χ0v) is 13.2. The highest BCUT2D eigenvalue weighted by atomic mass is 16.2. The van der Waals surface area contributed by atoms with Crippen molar-refractivity contribution in [3.63, 3.8) is 0 Å². The highest BCUT2D eigenvalue weighted by Crippen LogP contribution is 2.14. The normalized spacial score (nSPS) is 16.9. The molecular weight excluding hydrogens is 250 g/mol. The van der Waals surface area contributed by atoms with Crippen LogP contribution in [0, 0.1) is 18.3 Å². The van der Waals surface area contributed by atoms with Crippen molar-refractivity contribution in [1.29, 1.82) is 0 Å². The van der Waals surface area contributed by atoms with Gasteiger partial charge in [0.1, 0.15) is 5.54 Å². The second-order valence-electron chi connectivity index (χ2n) is 5.87. The maximum atomic E-state index is 12.1. The summed E-state index contributed by atoms with van der Waals surface area (Å²) in [6.07, 6.45) is 9.50. The molecule has 0 aromatic carbocycles.